The van der Waals surface area contributed by atoms with Crippen molar-refractivity contribution in [2.24, 2.45) is 0 Å². The van der Waals surface area contributed by atoms with Crippen molar-refractivity contribution in [3.05, 3.63) is 63.6 Å². The third-order valence-corrected chi connectivity index (χ3v) is 6.50. The summed E-state index contributed by atoms with van der Waals surface area (Å²) in [5.41, 5.74) is 0.164. The Balaban J connectivity index is 1.69. The Bertz CT molecular complexity index is 1140. The third-order valence-electron chi connectivity index (χ3n) is 5.27. The number of ether oxygens (including phenoxy) is 1. The number of pyridine rings is 1. The highest BCUT2D eigenvalue weighted by Gasteiger charge is 2.58. The SMILES string of the molecule is CC(C)(C)OC(=O)N[C@H]1CSc2c(C(=O)N[C@@H]3CC3(F)F)cn(Cc3ccccc3)c(=O)c21. The minimum atomic E-state index is -2.91. The van der Waals surface area contributed by atoms with Gasteiger partial charge in [0.1, 0.15) is 5.60 Å². The maximum Gasteiger partial charge on any atom is 0.408 e. The maximum atomic E-state index is 13.4. The second kappa shape index (κ2) is 8.48. The lowest BCUT2D eigenvalue weighted by Crippen LogP contribution is -2.38. The van der Waals surface area contributed by atoms with Gasteiger partial charge >= 0.3 is 6.09 Å². The normalized spacial score (nSPS) is 20.6. The van der Waals surface area contributed by atoms with Crippen molar-refractivity contribution < 1.29 is 23.1 Å². The number of alkyl carbamates (subject to hydrolysis) is 1. The summed E-state index contributed by atoms with van der Waals surface area (Å²) in [5.74, 6) is -3.26. The number of alkyl halides is 2. The average Bonchev–Trinajstić information content (AvgIpc) is 3.11. The smallest absolute Gasteiger partial charge is 0.408 e. The second-order valence-electron chi connectivity index (χ2n) is 9.21. The van der Waals surface area contributed by atoms with Gasteiger partial charge in [-0.1, -0.05) is 30.3 Å². The lowest BCUT2D eigenvalue weighted by molar-refractivity contribution is 0.0508. The van der Waals surface area contributed by atoms with E-state index in [9.17, 15) is 23.2 Å². The van der Waals surface area contributed by atoms with Crippen LogP contribution in [0.15, 0.2) is 46.2 Å². The number of nitrogens with one attached hydrogen (secondary N) is 2. The number of hydrogen-bond acceptors (Lipinski definition) is 5. The molecule has 1 aliphatic heterocycles. The minimum absolute atomic E-state index is 0.140. The lowest BCUT2D eigenvalue weighted by Gasteiger charge is -2.22. The van der Waals surface area contributed by atoms with Crippen LogP contribution >= 0.6 is 11.8 Å². The van der Waals surface area contributed by atoms with E-state index in [1.165, 1.54) is 22.5 Å². The summed E-state index contributed by atoms with van der Waals surface area (Å²) in [7, 11) is 0. The number of nitrogens with zero attached hydrogens (tertiary/aromatic N) is 1. The predicted octanol–water partition coefficient (Wildman–Crippen LogP) is 3.71. The van der Waals surface area contributed by atoms with E-state index in [-0.39, 0.29) is 23.2 Å². The van der Waals surface area contributed by atoms with Gasteiger partial charge < -0.3 is 19.9 Å². The number of benzene rings is 1. The van der Waals surface area contributed by atoms with Gasteiger partial charge in [-0.25, -0.2) is 13.6 Å². The number of amides is 2. The van der Waals surface area contributed by atoms with Gasteiger partial charge in [0, 0.05) is 23.3 Å². The van der Waals surface area contributed by atoms with Crippen molar-refractivity contribution in [3.63, 3.8) is 0 Å². The van der Waals surface area contributed by atoms with Crippen molar-refractivity contribution >= 4 is 23.8 Å². The van der Waals surface area contributed by atoms with Crippen LogP contribution in [0.4, 0.5) is 13.6 Å². The minimum Gasteiger partial charge on any atom is -0.444 e. The van der Waals surface area contributed by atoms with Crippen LogP contribution in [0.25, 0.3) is 0 Å². The van der Waals surface area contributed by atoms with Crippen molar-refractivity contribution in [3.8, 4) is 0 Å². The van der Waals surface area contributed by atoms with Crippen LogP contribution in [0.1, 0.15) is 54.7 Å². The molecular formula is C23H25F2N3O4S. The first-order valence-electron chi connectivity index (χ1n) is 10.6. The van der Waals surface area contributed by atoms with E-state index in [0.29, 0.717) is 10.6 Å². The average molecular weight is 478 g/mol. The largest absolute Gasteiger partial charge is 0.444 e. The molecule has 4 rings (SSSR count). The first-order valence-corrected chi connectivity index (χ1v) is 11.6. The lowest BCUT2D eigenvalue weighted by atomic mass is 10.1. The van der Waals surface area contributed by atoms with Crippen LogP contribution in [-0.4, -0.2) is 39.9 Å². The molecular weight excluding hydrogens is 452 g/mol. The molecule has 0 spiro atoms. The zero-order valence-electron chi connectivity index (χ0n) is 18.5. The van der Waals surface area contributed by atoms with E-state index in [0.717, 1.165) is 5.56 Å². The van der Waals surface area contributed by atoms with Crippen LogP contribution in [0.3, 0.4) is 0 Å². The summed E-state index contributed by atoms with van der Waals surface area (Å²) in [6.45, 7) is 5.38. The Hall–Kier alpha value is -2.88. The highest BCUT2D eigenvalue weighted by atomic mass is 32.2. The number of aromatic nitrogens is 1. The van der Waals surface area contributed by atoms with Crippen molar-refractivity contribution in [2.45, 2.75) is 62.2 Å². The van der Waals surface area contributed by atoms with E-state index in [1.54, 1.807) is 20.8 Å². The highest BCUT2D eigenvalue weighted by Crippen LogP contribution is 2.43. The van der Waals surface area contributed by atoms with E-state index in [2.05, 4.69) is 10.6 Å². The highest BCUT2D eigenvalue weighted by molar-refractivity contribution is 7.99. The molecule has 10 heteroatoms. The van der Waals surface area contributed by atoms with E-state index >= 15 is 0 Å². The molecule has 1 aromatic carbocycles. The number of carbonyl (C=O) groups excluding carboxylic acids is 2. The Kier molecular flexibility index (Phi) is 5.98. The van der Waals surface area contributed by atoms with Crippen LogP contribution in [-0.2, 0) is 11.3 Å². The molecule has 1 aliphatic carbocycles. The molecule has 2 amide bonds. The third kappa shape index (κ3) is 5.21. The number of halogens is 2. The molecule has 2 atom stereocenters. The molecule has 0 bridgehead atoms. The van der Waals surface area contributed by atoms with Crippen molar-refractivity contribution in [1.82, 2.24) is 15.2 Å². The van der Waals surface area contributed by atoms with Crippen LogP contribution in [0.2, 0.25) is 0 Å². The van der Waals surface area contributed by atoms with E-state index in [1.807, 2.05) is 30.3 Å². The molecule has 2 aromatic rings. The Labute approximate surface area is 193 Å². The molecule has 1 fully saturated rings. The van der Waals surface area contributed by atoms with Gasteiger partial charge in [-0.05, 0) is 26.3 Å². The van der Waals surface area contributed by atoms with Crippen molar-refractivity contribution in [1.29, 1.82) is 0 Å². The van der Waals surface area contributed by atoms with Gasteiger partial charge in [-0.2, -0.15) is 0 Å². The van der Waals surface area contributed by atoms with Crippen LogP contribution < -0.4 is 16.2 Å². The number of thioether (sulfide) groups is 1. The summed E-state index contributed by atoms with van der Waals surface area (Å²) < 4.78 is 33.5. The van der Waals surface area contributed by atoms with Gasteiger partial charge in [0.15, 0.2) is 0 Å². The van der Waals surface area contributed by atoms with Gasteiger partial charge in [-0.3, -0.25) is 9.59 Å². The fraction of sp³-hybridized carbons (Fsp3) is 0.435. The number of hydrogen-bond donors (Lipinski definition) is 2. The van der Waals surface area contributed by atoms with Crippen molar-refractivity contribution in [2.75, 3.05) is 5.75 Å². The number of fused-ring (bicyclic) bond motifs is 1. The van der Waals surface area contributed by atoms with E-state index in [4.69, 9.17) is 4.74 Å². The molecule has 33 heavy (non-hydrogen) atoms. The summed E-state index contributed by atoms with van der Waals surface area (Å²) in [6, 6.07) is 7.31. The standard InChI is InChI=1S/C23H25F2N3O4S/c1-22(2,3)32-21(31)26-15-12-33-18-14(19(29)27-16-9-23(16,24)25)11-28(20(30)17(15)18)10-13-7-5-4-6-8-13/h4-8,11,15-16H,9-10,12H2,1-3H3,(H,26,31)(H,27,29)/t15-,16+/m0/s1. The molecule has 2 N–H and O–H groups in total. The second-order valence-corrected chi connectivity index (χ2v) is 10.2. The fourth-order valence-corrected chi connectivity index (χ4v) is 4.88. The molecule has 7 nitrogen and oxygen atoms in total. The molecule has 1 saturated carbocycles. The molecule has 1 aromatic heterocycles. The number of carbonyl (C=O) groups is 2. The Morgan fingerprint density at radius 3 is 2.48 bits per heavy atom. The molecule has 0 saturated heterocycles. The number of rotatable bonds is 5. The quantitative estimate of drug-likeness (QED) is 0.686. The zero-order valence-corrected chi connectivity index (χ0v) is 19.3. The summed E-state index contributed by atoms with van der Waals surface area (Å²) >= 11 is 1.24. The molecule has 2 heterocycles. The molecule has 0 unspecified atom stereocenters. The Morgan fingerprint density at radius 1 is 1.21 bits per heavy atom. The molecule has 0 radical (unpaired) electrons. The van der Waals surface area contributed by atoms with Gasteiger partial charge in [0.25, 0.3) is 17.4 Å². The maximum absolute atomic E-state index is 13.4. The first-order chi connectivity index (χ1) is 15.4. The first kappa shape index (κ1) is 23.3. The van der Waals surface area contributed by atoms with E-state index < -0.39 is 42.0 Å². The fourth-order valence-electron chi connectivity index (χ4n) is 3.61. The van der Waals surface area contributed by atoms with Crippen LogP contribution in [0, 0.1) is 0 Å². The molecule has 2 aliphatic rings. The summed E-state index contributed by atoms with van der Waals surface area (Å²) in [6.07, 6.45) is 0.329. The molecule has 176 valence electrons. The Morgan fingerprint density at radius 2 is 1.88 bits per heavy atom. The van der Waals surface area contributed by atoms with Crippen LogP contribution in [0.5, 0.6) is 0 Å². The predicted molar refractivity (Wildman–Crippen MR) is 120 cm³/mol. The van der Waals surface area contributed by atoms with Gasteiger partial charge in [0.05, 0.1) is 29.8 Å². The van der Waals surface area contributed by atoms with Gasteiger partial charge in [0.2, 0.25) is 0 Å². The zero-order chi connectivity index (χ0) is 24.0. The monoisotopic (exact) mass is 477 g/mol. The van der Waals surface area contributed by atoms with Gasteiger partial charge in [-0.15, -0.1) is 11.8 Å². The topological polar surface area (TPSA) is 89.4 Å². The summed E-state index contributed by atoms with van der Waals surface area (Å²) in [4.78, 5) is 39.0. The summed E-state index contributed by atoms with van der Waals surface area (Å²) in [5, 5.41) is 5.07.